The third-order valence-electron chi connectivity index (χ3n) is 4.20. The van der Waals surface area contributed by atoms with Gasteiger partial charge in [-0.25, -0.2) is 0 Å². The Morgan fingerprint density at radius 3 is 2.64 bits per heavy atom. The van der Waals surface area contributed by atoms with E-state index in [1.807, 2.05) is 42.5 Å². The highest BCUT2D eigenvalue weighted by atomic mass is 35.5. The number of benzene rings is 2. The third kappa shape index (κ3) is 6.04. The Morgan fingerprint density at radius 1 is 1.04 bits per heavy atom. The minimum absolute atomic E-state index is 0.0255. The molecule has 0 fully saturated rings. The van der Waals surface area contributed by atoms with Crippen LogP contribution < -0.4 is 5.32 Å². The highest BCUT2D eigenvalue weighted by Gasteiger charge is 2.06. The number of tetrazole rings is 1. The molecule has 0 radical (unpaired) electrons. The fourth-order valence-electron chi connectivity index (χ4n) is 2.73. The number of aryl methyl sites for hydroxylation is 2. The van der Waals surface area contributed by atoms with Gasteiger partial charge in [-0.05, 0) is 42.2 Å². The highest BCUT2D eigenvalue weighted by Crippen LogP contribution is 2.23. The standard InChI is InChI=1S/C20H21Cl2N5O/c21-17-11-10-15(14-18(17)22)6-4-12-23-19(28)9-5-13-27-25-20(24-26-27)16-7-2-1-3-8-16/h1-3,7-8,10-11,14H,4-6,9,12-13H2,(H,23,28). The van der Waals surface area contributed by atoms with Gasteiger partial charge in [0.1, 0.15) is 0 Å². The molecule has 0 aliphatic rings. The summed E-state index contributed by atoms with van der Waals surface area (Å²) in [6, 6.07) is 15.3. The van der Waals surface area contributed by atoms with Crippen molar-refractivity contribution in [2.75, 3.05) is 6.54 Å². The van der Waals surface area contributed by atoms with E-state index in [1.54, 1.807) is 6.07 Å². The van der Waals surface area contributed by atoms with Crippen LogP contribution in [0.1, 0.15) is 24.8 Å². The first-order valence-electron chi connectivity index (χ1n) is 9.15. The number of carbonyl (C=O) groups is 1. The average Bonchev–Trinajstić information content (AvgIpc) is 3.17. The van der Waals surface area contributed by atoms with Gasteiger partial charge in [0, 0.05) is 18.5 Å². The molecule has 0 spiro atoms. The van der Waals surface area contributed by atoms with E-state index in [0.29, 0.717) is 41.8 Å². The van der Waals surface area contributed by atoms with Crippen molar-refractivity contribution in [3.63, 3.8) is 0 Å². The quantitative estimate of drug-likeness (QED) is 0.530. The van der Waals surface area contributed by atoms with Crippen molar-refractivity contribution in [2.24, 2.45) is 0 Å². The maximum atomic E-state index is 12.0. The zero-order valence-corrected chi connectivity index (χ0v) is 16.8. The maximum absolute atomic E-state index is 12.0. The lowest BCUT2D eigenvalue weighted by atomic mass is 10.1. The molecule has 6 nitrogen and oxygen atoms in total. The first-order valence-corrected chi connectivity index (χ1v) is 9.91. The highest BCUT2D eigenvalue weighted by molar-refractivity contribution is 6.42. The van der Waals surface area contributed by atoms with Crippen LogP contribution in [0.3, 0.4) is 0 Å². The van der Waals surface area contributed by atoms with Gasteiger partial charge in [0.15, 0.2) is 0 Å². The van der Waals surface area contributed by atoms with Crippen LogP contribution in [-0.4, -0.2) is 32.7 Å². The van der Waals surface area contributed by atoms with Gasteiger partial charge in [-0.2, -0.15) is 4.80 Å². The van der Waals surface area contributed by atoms with E-state index in [9.17, 15) is 4.79 Å². The minimum Gasteiger partial charge on any atom is -0.356 e. The number of hydrogen-bond donors (Lipinski definition) is 1. The predicted octanol–water partition coefficient (Wildman–Crippen LogP) is 4.18. The summed E-state index contributed by atoms with van der Waals surface area (Å²) in [4.78, 5) is 13.5. The number of halogens is 2. The van der Waals surface area contributed by atoms with Crippen molar-refractivity contribution < 1.29 is 4.79 Å². The van der Waals surface area contributed by atoms with Gasteiger partial charge >= 0.3 is 0 Å². The van der Waals surface area contributed by atoms with E-state index in [4.69, 9.17) is 23.2 Å². The van der Waals surface area contributed by atoms with Gasteiger partial charge in [0.2, 0.25) is 11.7 Å². The van der Waals surface area contributed by atoms with E-state index < -0.39 is 0 Å². The van der Waals surface area contributed by atoms with Crippen molar-refractivity contribution in [1.29, 1.82) is 0 Å². The Balaban J connectivity index is 1.32. The van der Waals surface area contributed by atoms with Crippen LogP contribution in [-0.2, 0) is 17.8 Å². The largest absolute Gasteiger partial charge is 0.356 e. The second kappa shape index (κ2) is 10.2. The molecule has 2 aromatic carbocycles. The molecule has 0 aliphatic carbocycles. The monoisotopic (exact) mass is 417 g/mol. The number of nitrogens with one attached hydrogen (secondary N) is 1. The molecular weight excluding hydrogens is 397 g/mol. The van der Waals surface area contributed by atoms with Crippen molar-refractivity contribution in [3.8, 4) is 11.4 Å². The van der Waals surface area contributed by atoms with E-state index >= 15 is 0 Å². The average molecular weight is 418 g/mol. The third-order valence-corrected chi connectivity index (χ3v) is 4.93. The molecular formula is C20H21Cl2N5O. The summed E-state index contributed by atoms with van der Waals surface area (Å²) in [5, 5.41) is 16.5. The Morgan fingerprint density at radius 2 is 1.86 bits per heavy atom. The molecule has 1 aromatic heterocycles. The number of carbonyl (C=O) groups excluding carboxylic acids is 1. The van der Waals surface area contributed by atoms with Gasteiger partial charge in [0.25, 0.3) is 0 Å². The van der Waals surface area contributed by atoms with Gasteiger partial charge in [-0.1, -0.05) is 59.6 Å². The summed E-state index contributed by atoms with van der Waals surface area (Å²) in [7, 11) is 0. The molecule has 0 saturated carbocycles. The zero-order valence-electron chi connectivity index (χ0n) is 15.3. The summed E-state index contributed by atoms with van der Waals surface area (Å²) >= 11 is 11.9. The van der Waals surface area contributed by atoms with Gasteiger partial charge in [0.05, 0.1) is 16.6 Å². The zero-order chi connectivity index (χ0) is 19.8. The molecule has 8 heteroatoms. The number of nitrogens with zero attached hydrogens (tertiary/aromatic N) is 4. The van der Waals surface area contributed by atoms with E-state index in [-0.39, 0.29) is 5.91 Å². The fourth-order valence-corrected chi connectivity index (χ4v) is 3.05. The Kier molecular flexibility index (Phi) is 7.39. The normalized spacial score (nSPS) is 10.8. The maximum Gasteiger partial charge on any atom is 0.220 e. The van der Waals surface area contributed by atoms with Crippen molar-refractivity contribution in [2.45, 2.75) is 32.2 Å². The summed E-state index contributed by atoms with van der Waals surface area (Å²) in [5.74, 6) is 0.616. The lowest BCUT2D eigenvalue weighted by Crippen LogP contribution is -2.24. The molecule has 0 saturated heterocycles. The Hall–Kier alpha value is -2.44. The molecule has 28 heavy (non-hydrogen) atoms. The van der Waals surface area contributed by atoms with Gasteiger partial charge < -0.3 is 5.32 Å². The SMILES string of the molecule is O=C(CCCn1nnc(-c2ccccc2)n1)NCCCc1ccc(Cl)c(Cl)c1. The van der Waals surface area contributed by atoms with Crippen molar-refractivity contribution in [1.82, 2.24) is 25.5 Å². The molecule has 146 valence electrons. The smallest absolute Gasteiger partial charge is 0.220 e. The number of rotatable bonds is 9. The van der Waals surface area contributed by atoms with Crippen molar-refractivity contribution >= 4 is 29.1 Å². The second-order valence-corrected chi connectivity index (χ2v) is 7.19. The first kappa shape index (κ1) is 20.3. The van der Waals surface area contributed by atoms with Crippen LogP contribution in [0, 0.1) is 0 Å². The molecule has 3 aromatic rings. The summed E-state index contributed by atoms with van der Waals surface area (Å²) in [6.45, 7) is 1.18. The Bertz CT molecular complexity index is 914. The van der Waals surface area contributed by atoms with E-state index in [2.05, 4.69) is 20.7 Å². The topological polar surface area (TPSA) is 72.7 Å². The molecule has 0 atom stereocenters. The molecule has 1 heterocycles. The van der Waals surface area contributed by atoms with E-state index in [0.717, 1.165) is 24.0 Å². The van der Waals surface area contributed by atoms with Crippen LogP contribution in [0.15, 0.2) is 48.5 Å². The van der Waals surface area contributed by atoms with Gasteiger partial charge in [-0.3, -0.25) is 4.79 Å². The van der Waals surface area contributed by atoms with Crippen LogP contribution in [0.4, 0.5) is 0 Å². The number of amides is 1. The molecule has 3 rings (SSSR count). The number of aromatic nitrogens is 4. The molecule has 0 aliphatic heterocycles. The molecule has 0 unspecified atom stereocenters. The minimum atomic E-state index is 0.0255. The van der Waals surface area contributed by atoms with Gasteiger partial charge in [-0.15, -0.1) is 10.2 Å². The summed E-state index contributed by atoms with van der Waals surface area (Å²) in [6.07, 6.45) is 2.76. The second-order valence-electron chi connectivity index (χ2n) is 6.38. The van der Waals surface area contributed by atoms with Crippen molar-refractivity contribution in [3.05, 3.63) is 64.1 Å². The Labute approximate surface area is 173 Å². The van der Waals surface area contributed by atoms with E-state index in [1.165, 1.54) is 4.80 Å². The van der Waals surface area contributed by atoms with Crippen LogP contribution in [0.25, 0.3) is 11.4 Å². The molecule has 1 N–H and O–H groups in total. The first-order chi connectivity index (χ1) is 13.6. The van der Waals surface area contributed by atoms with Crippen LogP contribution in [0.5, 0.6) is 0 Å². The molecule has 0 bridgehead atoms. The predicted molar refractivity (Wildman–Crippen MR) is 110 cm³/mol. The van der Waals surface area contributed by atoms with Crippen LogP contribution >= 0.6 is 23.2 Å². The lowest BCUT2D eigenvalue weighted by Gasteiger charge is -2.06. The summed E-state index contributed by atoms with van der Waals surface area (Å²) in [5.41, 5.74) is 2.03. The number of hydrogen-bond acceptors (Lipinski definition) is 4. The lowest BCUT2D eigenvalue weighted by molar-refractivity contribution is -0.121. The summed E-state index contributed by atoms with van der Waals surface area (Å²) < 4.78 is 0. The molecule has 1 amide bonds. The van der Waals surface area contributed by atoms with Crippen LogP contribution in [0.2, 0.25) is 10.0 Å². The fraction of sp³-hybridized carbons (Fsp3) is 0.300.